The number of amides is 3. The summed E-state index contributed by atoms with van der Waals surface area (Å²) in [7, 11) is 0. The molecule has 16 nitrogen and oxygen atoms in total. The van der Waals surface area contributed by atoms with Gasteiger partial charge in [0.15, 0.2) is 5.82 Å². The average Bonchev–Trinajstić information content (AvgIpc) is 3.81. The molecule has 2 aromatic heterocycles. The fourth-order valence-electron chi connectivity index (χ4n) is 7.18. The maximum Gasteiger partial charge on any atom is 0.248 e. The van der Waals surface area contributed by atoms with Crippen molar-refractivity contribution in [3.63, 3.8) is 0 Å². The Morgan fingerprint density at radius 2 is 1.75 bits per heavy atom. The van der Waals surface area contributed by atoms with Gasteiger partial charge in [-0.15, -0.1) is 21.5 Å². The van der Waals surface area contributed by atoms with Gasteiger partial charge in [0, 0.05) is 44.8 Å². The zero-order valence-corrected chi connectivity index (χ0v) is 33.4. The van der Waals surface area contributed by atoms with Gasteiger partial charge in [0.05, 0.1) is 45.7 Å². The van der Waals surface area contributed by atoms with E-state index in [1.165, 1.54) is 4.90 Å². The third-order valence-electron chi connectivity index (χ3n) is 10.3. The number of carbonyl (C=O) groups excluding carboxylic acids is 3. The predicted octanol–water partition coefficient (Wildman–Crippen LogP) is 2.13. The topological polar surface area (TPSA) is 220 Å². The lowest BCUT2D eigenvalue weighted by Crippen LogP contribution is -2.60. The molecule has 7 N–H and O–H groups in total. The number of hydrogen-bond acceptors (Lipinski definition) is 14. The quantitative estimate of drug-likeness (QED) is 0.114. The monoisotopic (exact) mass is 801 g/mol. The molecule has 0 radical (unpaired) electrons. The number of nitrogens with zero attached hydrogens (tertiary/aromatic N) is 6. The van der Waals surface area contributed by atoms with Crippen LogP contribution in [-0.4, -0.2) is 128 Å². The number of aliphatic hydroxyl groups excluding tert-OH is 2. The molecular weight excluding hydrogens is 751 g/mol. The first kappa shape index (κ1) is 41.4. The van der Waals surface area contributed by atoms with Crippen molar-refractivity contribution in [2.75, 3.05) is 56.6 Å². The zero-order chi connectivity index (χ0) is 40.9. The van der Waals surface area contributed by atoms with Gasteiger partial charge in [-0.25, -0.2) is 4.98 Å². The smallest absolute Gasteiger partial charge is 0.248 e. The standard InChI is InChI=1S/C40H51N9O7S/c1-24-35(57-23-43-24)26-11-9-25(10-12-26)19-42-38(54)31-17-27(50)20-49(31)39(55)36(40(2,3)4)44-33(52)21-56-22-34(53)48-15-13-47(14-16-48)30-18-29(45-46-37(30)41)28-7-5-6-8-32(28)51/h5-12,18,23,27,31,36,39,50-51,55H,13-17,19-22H2,1-4H3,(H2,41,46)(H,42,54)(H,44,52)/t27-,31+,36-,39?/m1/s1. The number of aryl methyl sites for hydroxylation is 1. The molecule has 2 aliphatic rings. The summed E-state index contributed by atoms with van der Waals surface area (Å²) < 4.78 is 5.54. The number of aliphatic hydroxyl groups is 2. The van der Waals surface area contributed by atoms with Gasteiger partial charge in [-0.05, 0) is 48.1 Å². The van der Waals surface area contributed by atoms with Crippen LogP contribution >= 0.6 is 11.3 Å². The number of carbonyl (C=O) groups is 3. The molecule has 1 unspecified atom stereocenters. The van der Waals surface area contributed by atoms with Gasteiger partial charge in [-0.1, -0.05) is 57.2 Å². The van der Waals surface area contributed by atoms with Crippen molar-refractivity contribution in [2.24, 2.45) is 5.41 Å². The second-order valence-corrected chi connectivity index (χ2v) is 16.3. The van der Waals surface area contributed by atoms with Crippen LogP contribution in [0.2, 0.25) is 0 Å². The third kappa shape index (κ3) is 10.0. The number of hydrogen-bond donors (Lipinski definition) is 6. The largest absolute Gasteiger partial charge is 0.507 e. The van der Waals surface area contributed by atoms with Crippen molar-refractivity contribution in [2.45, 2.75) is 65.1 Å². The van der Waals surface area contributed by atoms with Gasteiger partial charge in [-0.2, -0.15) is 0 Å². The number of anilines is 2. The lowest BCUT2D eigenvalue weighted by Gasteiger charge is -2.40. The molecule has 2 saturated heterocycles. The number of β-amino-alcohol motifs (C(OH)–C–C–N with tert-alkyl or cyclic N) is 1. The van der Waals surface area contributed by atoms with E-state index in [0.29, 0.717) is 43.1 Å². The number of likely N-dealkylation sites (tertiary alicyclic amines) is 1. The molecular formula is C40H51N9O7S. The van der Waals surface area contributed by atoms with Crippen LogP contribution in [0.25, 0.3) is 21.7 Å². The summed E-state index contributed by atoms with van der Waals surface area (Å²) in [6, 6.07) is 14.8. The third-order valence-corrected chi connectivity index (χ3v) is 11.3. The van der Waals surface area contributed by atoms with E-state index in [1.54, 1.807) is 46.6 Å². The first-order chi connectivity index (χ1) is 27.2. The van der Waals surface area contributed by atoms with E-state index in [0.717, 1.165) is 21.7 Å². The highest BCUT2D eigenvalue weighted by atomic mass is 32.1. The van der Waals surface area contributed by atoms with E-state index in [4.69, 9.17) is 10.5 Å². The van der Waals surface area contributed by atoms with Gasteiger partial charge >= 0.3 is 0 Å². The Morgan fingerprint density at radius 3 is 2.42 bits per heavy atom. The number of nitrogens with two attached hydrogens (primary N) is 1. The minimum absolute atomic E-state index is 0.0465. The van der Waals surface area contributed by atoms with Crippen molar-refractivity contribution in [3.8, 4) is 27.4 Å². The Labute approximate surface area is 335 Å². The van der Waals surface area contributed by atoms with Crippen molar-refractivity contribution in [3.05, 3.63) is 71.4 Å². The van der Waals surface area contributed by atoms with E-state index < -0.39 is 42.3 Å². The molecule has 2 aromatic carbocycles. The maximum absolute atomic E-state index is 13.4. The van der Waals surface area contributed by atoms with Crippen molar-refractivity contribution >= 4 is 40.6 Å². The van der Waals surface area contributed by atoms with E-state index in [9.17, 15) is 29.7 Å². The number of nitrogen functional groups attached to an aromatic ring is 1. The number of rotatable bonds is 13. The van der Waals surface area contributed by atoms with Gasteiger partial charge in [0.2, 0.25) is 17.7 Å². The van der Waals surface area contributed by atoms with Crippen molar-refractivity contribution < 1.29 is 34.4 Å². The molecule has 3 amide bonds. The van der Waals surface area contributed by atoms with Crippen LogP contribution in [-0.2, 0) is 25.7 Å². The number of piperazine rings is 1. The minimum atomic E-state index is -1.30. The molecule has 4 atom stereocenters. The second-order valence-electron chi connectivity index (χ2n) is 15.5. The van der Waals surface area contributed by atoms with Crippen molar-refractivity contribution in [1.29, 1.82) is 0 Å². The molecule has 4 heterocycles. The number of ether oxygens (including phenoxy) is 1. The highest BCUT2D eigenvalue weighted by molar-refractivity contribution is 7.13. The van der Waals surface area contributed by atoms with Crippen LogP contribution in [0, 0.1) is 12.3 Å². The number of para-hydroxylation sites is 1. The number of thiazole rings is 1. The molecule has 17 heteroatoms. The summed E-state index contributed by atoms with van der Waals surface area (Å²) >= 11 is 1.57. The highest BCUT2D eigenvalue weighted by Gasteiger charge is 2.45. The first-order valence-electron chi connectivity index (χ1n) is 18.9. The second kappa shape index (κ2) is 17.9. The lowest BCUT2D eigenvalue weighted by atomic mass is 9.85. The number of nitrogens with one attached hydrogen (secondary N) is 2. The first-order valence-corrected chi connectivity index (χ1v) is 19.8. The van der Waals surface area contributed by atoms with Crippen LogP contribution in [0.15, 0.2) is 60.1 Å². The summed E-state index contributed by atoms with van der Waals surface area (Å²) in [4.78, 5) is 50.2. The Kier molecular flexibility index (Phi) is 13.0. The van der Waals surface area contributed by atoms with E-state index in [-0.39, 0.29) is 49.5 Å². The van der Waals surface area contributed by atoms with Gasteiger partial charge in [0.1, 0.15) is 25.2 Å². The van der Waals surface area contributed by atoms with Crippen molar-refractivity contribution in [1.82, 2.24) is 35.6 Å². The normalized spacial score (nSPS) is 18.6. The Morgan fingerprint density at radius 1 is 1.04 bits per heavy atom. The van der Waals surface area contributed by atoms with Crippen LogP contribution < -0.4 is 21.3 Å². The summed E-state index contributed by atoms with van der Waals surface area (Å²) in [5.41, 5.74) is 11.9. The SMILES string of the molecule is Cc1ncsc1-c1ccc(CNC(=O)[C@@H]2C[C@@H](O)CN2C(O)[C@@H](NC(=O)COCC(=O)N2CCN(c3cc(-c4ccccc4O)nnc3N)CC2)C(C)(C)C)cc1. The number of phenolic OH excluding ortho intramolecular Hbond substituents is 1. The van der Waals surface area contributed by atoms with E-state index in [2.05, 4.69) is 25.8 Å². The number of benzene rings is 2. The predicted molar refractivity (Wildman–Crippen MR) is 216 cm³/mol. The maximum atomic E-state index is 13.4. The minimum Gasteiger partial charge on any atom is -0.507 e. The number of aromatic hydroxyl groups is 1. The lowest BCUT2D eigenvalue weighted by molar-refractivity contribution is -0.140. The summed E-state index contributed by atoms with van der Waals surface area (Å²) in [6.07, 6.45) is -2.02. The molecule has 0 saturated carbocycles. The molecule has 0 bridgehead atoms. The summed E-state index contributed by atoms with van der Waals surface area (Å²) in [5, 5.41) is 46.5. The molecule has 2 aliphatic heterocycles. The summed E-state index contributed by atoms with van der Waals surface area (Å²) in [6.45, 7) is 8.80. The highest BCUT2D eigenvalue weighted by Crippen LogP contribution is 2.32. The van der Waals surface area contributed by atoms with E-state index >= 15 is 0 Å². The number of phenols is 1. The summed E-state index contributed by atoms with van der Waals surface area (Å²) in [5.74, 6) is -0.843. The Balaban J connectivity index is 0.977. The molecule has 57 heavy (non-hydrogen) atoms. The molecule has 2 fully saturated rings. The molecule has 4 aromatic rings. The van der Waals surface area contributed by atoms with Gasteiger partial charge < -0.3 is 46.2 Å². The fourth-order valence-corrected chi connectivity index (χ4v) is 7.99. The zero-order valence-electron chi connectivity index (χ0n) is 32.6. The van der Waals surface area contributed by atoms with Gasteiger partial charge in [-0.3, -0.25) is 19.3 Å². The van der Waals surface area contributed by atoms with Crippen LogP contribution in [0.1, 0.15) is 38.4 Å². The van der Waals surface area contributed by atoms with Crippen LogP contribution in [0.3, 0.4) is 0 Å². The molecule has 304 valence electrons. The van der Waals surface area contributed by atoms with Crippen LogP contribution in [0.5, 0.6) is 5.75 Å². The van der Waals surface area contributed by atoms with E-state index in [1.807, 2.05) is 62.4 Å². The Bertz CT molecular complexity index is 2030. The average molecular weight is 802 g/mol. The Hall–Kier alpha value is -5.20. The molecule has 6 rings (SSSR count). The van der Waals surface area contributed by atoms with Crippen LogP contribution in [0.4, 0.5) is 11.5 Å². The number of aromatic nitrogens is 3. The molecule has 0 spiro atoms. The fraction of sp³-hybridized carbons (Fsp3) is 0.450. The van der Waals surface area contributed by atoms with Gasteiger partial charge in [0.25, 0.3) is 0 Å². The molecule has 0 aliphatic carbocycles.